The van der Waals surface area contributed by atoms with Crippen LogP contribution in [0.3, 0.4) is 0 Å². The molecule has 0 unspecified atom stereocenters. The SMILES string of the molecule is COc1cccc(Sc2ncn[nH]2)c1[C@@H](C)N. The summed E-state index contributed by atoms with van der Waals surface area (Å²) in [6.45, 7) is 1.93. The zero-order valence-electron chi connectivity index (χ0n) is 9.68. The summed E-state index contributed by atoms with van der Waals surface area (Å²) >= 11 is 1.49. The van der Waals surface area contributed by atoms with E-state index in [0.29, 0.717) is 0 Å². The Balaban J connectivity index is 2.39. The number of benzene rings is 1. The van der Waals surface area contributed by atoms with Gasteiger partial charge in [-0.1, -0.05) is 6.07 Å². The Morgan fingerprint density at radius 3 is 2.88 bits per heavy atom. The third-order valence-electron chi connectivity index (χ3n) is 2.30. The van der Waals surface area contributed by atoms with Crippen molar-refractivity contribution in [2.75, 3.05) is 7.11 Å². The number of hydrogen-bond donors (Lipinski definition) is 2. The average molecular weight is 250 g/mol. The Hall–Kier alpha value is -1.53. The van der Waals surface area contributed by atoms with Crippen LogP contribution in [0.1, 0.15) is 18.5 Å². The van der Waals surface area contributed by atoms with Crippen molar-refractivity contribution >= 4 is 11.8 Å². The van der Waals surface area contributed by atoms with E-state index < -0.39 is 0 Å². The van der Waals surface area contributed by atoms with Gasteiger partial charge in [-0.15, -0.1) is 0 Å². The predicted molar refractivity (Wildman–Crippen MR) is 66.1 cm³/mol. The third-order valence-corrected chi connectivity index (χ3v) is 3.27. The highest BCUT2D eigenvalue weighted by Gasteiger charge is 2.14. The number of hydrogen-bond acceptors (Lipinski definition) is 5. The molecule has 90 valence electrons. The van der Waals surface area contributed by atoms with Gasteiger partial charge in [0.25, 0.3) is 0 Å². The molecule has 2 aromatic rings. The number of nitrogens with two attached hydrogens (primary N) is 1. The highest BCUT2D eigenvalue weighted by molar-refractivity contribution is 7.99. The van der Waals surface area contributed by atoms with E-state index in [2.05, 4.69) is 15.2 Å². The number of ether oxygens (including phenoxy) is 1. The monoisotopic (exact) mass is 250 g/mol. The van der Waals surface area contributed by atoms with Gasteiger partial charge in [-0.25, -0.2) is 4.98 Å². The van der Waals surface area contributed by atoms with Crippen molar-refractivity contribution in [3.63, 3.8) is 0 Å². The van der Waals surface area contributed by atoms with Gasteiger partial charge in [0.05, 0.1) is 7.11 Å². The molecule has 0 amide bonds. The number of methoxy groups -OCH3 is 1. The van der Waals surface area contributed by atoms with Gasteiger partial charge >= 0.3 is 0 Å². The lowest BCUT2D eigenvalue weighted by molar-refractivity contribution is 0.405. The fraction of sp³-hybridized carbons (Fsp3) is 0.273. The summed E-state index contributed by atoms with van der Waals surface area (Å²) in [5.41, 5.74) is 6.96. The molecule has 1 aromatic heterocycles. The summed E-state index contributed by atoms with van der Waals surface area (Å²) < 4.78 is 5.33. The van der Waals surface area contributed by atoms with Crippen LogP contribution in [0.15, 0.2) is 34.6 Å². The molecule has 2 rings (SSSR count). The quantitative estimate of drug-likeness (QED) is 0.867. The minimum atomic E-state index is -0.100. The molecule has 5 nitrogen and oxygen atoms in total. The Morgan fingerprint density at radius 2 is 2.29 bits per heavy atom. The largest absolute Gasteiger partial charge is 0.496 e. The third kappa shape index (κ3) is 2.59. The second kappa shape index (κ2) is 5.20. The Kier molecular flexibility index (Phi) is 3.65. The average Bonchev–Trinajstić information content (AvgIpc) is 2.81. The molecule has 0 aliphatic rings. The molecule has 0 aliphatic carbocycles. The number of H-pyrrole nitrogens is 1. The number of rotatable bonds is 4. The summed E-state index contributed by atoms with van der Waals surface area (Å²) in [6.07, 6.45) is 1.48. The molecule has 1 heterocycles. The molecule has 1 aromatic carbocycles. The summed E-state index contributed by atoms with van der Waals surface area (Å²) in [5.74, 6) is 0.796. The summed E-state index contributed by atoms with van der Waals surface area (Å²) in [4.78, 5) is 5.11. The Bertz CT molecular complexity index is 484. The molecule has 0 radical (unpaired) electrons. The van der Waals surface area contributed by atoms with Gasteiger partial charge in [0.1, 0.15) is 12.1 Å². The van der Waals surface area contributed by atoms with Crippen molar-refractivity contribution in [3.8, 4) is 5.75 Å². The first kappa shape index (κ1) is 11.9. The molecule has 17 heavy (non-hydrogen) atoms. The van der Waals surface area contributed by atoms with Gasteiger partial charge in [0.15, 0.2) is 5.16 Å². The van der Waals surface area contributed by atoms with E-state index in [4.69, 9.17) is 10.5 Å². The van der Waals surface area contributed by atoms with Crippen LogP contribution in [0.2, 0.25) is 0 Å². The number of aromatic nitrogens is 3. The van der Waals surface area contributed by atoms with Crippen LogP contribution >= 0.6 is 11.8 Å². The minimum absolute atomic E-state index is 0.100. The van der Waals surface area contributed by atoms with Crippen LogP contribution in [0.5, 0.6) is 5.75 Å². The molecule has 0 spiro atoms. The standard InChI is InChI=1S/C11H14N4OS/c1-7(12)10-8(16-2)4-3-5-9(10)17-11-13-6-14-15-11/h3-7H,12H2,1-2H3,(H,13,14,15)/t7-/m1/s1. The van der Waals surface area contributed by atoms with E-state index in [1.807, 2.05) is 25.1 Å². The smallest absolute Gasteiger partial charge is 0.188 e. The molecule has 0 bridgehead atoms. The summed E-state index contributed by atoms with van der Waals surface area (Å²) in [7, 11) is 1.64. The second-order valence-electron chi connectivity index (χ2n) is 3.55. The number of nitrogens with one attached hydrogen (secondary N) is 1. The molecule has 0 fully saturated rings. The molecule has 3 N–H and O–H groups in total. The van der Waals surface area contributed by atoms with E-state index in [1.165, 1.54) is 18.1 Å². The van der Waals surface area contributed by atoms with E-state index in [-0.39, 0.29) is 6.04 Å². The van der Waals surface area contributed by atoms with Crippen LogP contribution in [0.4, 0.5) is 0 Å². The molecular weight excluding hydrogens is 236 g/mol. The van der Waals surface area contributed by atoms with Crippen molar-refractivity contribution in [1.29, 1.82) is 0 Å². The topological polar surface area (TPSA) is 76.8 Å². The van der Waals surface area contributed by atoms with Crippen LogP contribution in [0, 0.1) is 0 Å². The lowest BCUT2D eigenvalue weighted by Crippen LogP contribution is -2.08. The molecule has 0 saturated heterocycles. The zero-order chi connectivity index (χ0) is 12.3. The second-order valence-corrected chi connectivity index (χ2v) is 4.58. The maximum absolute atomic E-state index is 5.98. The Morgan fingerprint density at radius 1 is 1.47 bits per heavy atom. The van der Waals surface area contributed by atoms with E-state index >= 15 is 0 Å². The fourth-order valence-corrected chi connectivity index (χ4v) is 2.54. The van der Waals surface area contributed by atoms with Gasteiger partial charge in [0, 0.05) is 16.5 Å². The van der Waals surface area contributed by atoms with Crippen molar-refractivity contribution in [2.45, 2.75) is 23.0 Å². The lowest BCUT2D eigenvalue weighted by atomic mass is 10.1. The fourth-order valence-electron chi connectivity index (χ4n) is 1.59. The first-order valence-electron chi connectivity index (χ1n) is 5.18. The predicted octanol–water partition coefficient (Wildman–Crippen LogP) is 1.98. The normalized spacial score (nSPS) is 12.4. The van der Waals surface area contributed by atoms with Gasteiger partial charge < -0.3 is 10.5 Å². The van der Waals surface area contributed by atoms with Crippen molar-refractivity contribution < 1.29 is 4.74 Å². The van der Waals surface area contributed by atoms with Gasteiger partial charge in [-0.2, -0.15) is 5.10 Å². The molecular formula is C11H14N4OS. The van der Waals surface area contributed by atoms with Crippen LogP contribution in [0.25, 0.3) is 0 Å². The lowest BCUT2D eigenvalue weighted by Gasteiger charge is -2.15. The summed E-state index contributed by atoms with van der Waals surface area (Å²) in [5, 5.41) is 7.36. The van der Waals surface area contributed by atoms with E-state index in [9.17, 15) is 0 Å². The van der Waals surface area contributed by atoms with Crippen molar-refractivity contribution in [3.05, 3.63) is 30.1 Å². The van der Waals surface area contributed by atoms with Crippen LogP contribution in [-0.2, 0) is 0 Å². The molecule has 0 saturated carbocycles. The molecule has 1 atom stereocenters. The highest BCUT2D eigenvalue weighted by atomic mass is 32.2. The first-order chi connectivity index (χ1) is 8.22. The summed E-state index contributed by atoms with van der Waals surface area (Å²) in [6, 6.07) is 5.73. The van der Waals surface area contributed by atoms with Crippen molar-refractivity contribution in [1.82, 2.24) is 15.2 Å². The van der Waals surface area contributed by atoms with Gasteiger partial charge in [-0.3, -0.25) is 5.10 Å². The Labute approximate surface area is 104 Å². The number of nitrogens with zero attached hydrogens (tertiary/aromatic N) is 2. The first-order valence-corrected chi connectivity index (χ1v) is 5.99. The maximum atomic E-state index is 5.98. The van der Waals surface area contributed by atoms with Gasteiger partial charge in [-0.05, 0) is 30.8 Å². The zero-order valence-corrected chi connectivity index (χ0v) is 10.5. The maximum Gasteiger partial charge on any atom is 0.188 e. The van der Waals surface area contributed by atoms with Gasteiger partial charge in [0.2, 0.25) is 0 Å². The van der Waals surface area contributed by atoms with Crippen LogP contribution in [-0.4, -0.2) is 22.3 Å². The van der Waals surface area contributed by atoms with Crippen molar-refractivity contribution in [2.24, 2.45) is 5.73 Å². The van der Waals surface area contributed by atoms with Crippen LogP contribution < -0.4 is 10.5 Å². The minimum Gasteiger partial charge on any atom is -0.496 e. The van der Waals surface area contributed by atoms with E-state index in [1.54, 1.807) is 7.11 Å². The number of aromatic amines is 1. The molecule has 6 heteroatoms. The highest BCUT2D eigenvalue weighted by Crippen LogP contribution is 2.36. The van der Waals surface area contributed by atoms with E-state index in [0.717, 1.165) is 21.4 Å². The molecule has 0 aliphatic heterocycles.